The zero-order chi connectivity index (χ0) is 16.0. The van der Waals surface area contributed by atoms with Gasteiger partial charge in [-0.05, 0) is 18.4 Å². The van der Waals surface area contributed by atoms with Gasteiger partial charge >= 0.3 is 0 Å². The smallest absolute Gasteiger partial charge is 0.270 e. The maximum Gasteiger partial charge on any atom is 0.270 e. The molecule has 1 aromatic rings. The monoisotopic (exact) mass is 314 g/mol. The lowest BCUT2D eigenvalue weighted by atomic mass is 9.97. The molecule has 1 rings (SSSR count). The molecule has 0 radical (unpaired) electrons. The van der Waals surface area contributed by atoms with E-state index in [1.807, 2.05) is 13.8 Å². The van der Waals surface area contributed by atoms with E-state index < -0.39 is 10.5 Å². The Morgan fingerprint density at radius 2 is 2.05 bits per heavy atom. The second-order valence-corrected chi connectivity index (χ2v) is 5.32. The summed E-state index contributed by atoms with van der Waals surface area (Å²) >= 11 is 5.93. The molecule has 6 nitrogen and oxygen atoms in total. The number of carbonyl (C=O) groups excluding carboxylic acids is 1. The molecule has 0 aromatic heterocycles. The molecule has 0 aliphatic heterocycles. The molecule has 116 valence electrons. The van der Waals surface area contributed by atoms with Crippen molar-refractivity contribution in [1.82, 2.24) is 5.32 Å². The van der Waals surface area contributed by atoms with Crippen LogP contribution in [0.3, 0.4) is 0 Å². The molecule has 0 aliphatic carbocycles. The summed E-state index contributed by atoms with van der Waals surface area (Å²) < 4.78 is 0. The van der Waals surface area contributed by atoms with Gasteiger partial charge in [-0.1, -0.05) is 31.5 Å². The summed E-state index contributed by atoms with van der Waals surface area (Å²) in [6.07, 6.45) is 1.10. The van der Waals surface area contributed by atoms with Gasteiger partial charge in [0.1, 0.15) is 0 Å². The van der Waals surface area contributed by atoms with Crippen LogP contribution in [-0.4, -0.2) is 28.1 Å². The number of nitro benzene ring substituents is 1. The molecular formula is C14H19ClN2O4. The summed E-state index contributed by atoms with van der Waals surface area (Å²) in [6, 6.07) is 3.99. The van der Waals surface area contributed by atoms with E-state index in [1.165, 1.54) is 18.2 Å². The highest BCUT2D eigenvalue weighted by molar-refractivity contribution is 6.31. The molecule has 0 saturated heterocycles. The highest BCUT2D eigenvalue weighted by Gasteiger charge is 2.23. The summed E-state index contributed by atoms with van der Waals surface area (Å²) in [4.78, 5) is 21.9. The molecule has 2 N–H and O–H groups in total. The number of halogens is 1. The van der Waals surface area contributed by atoms with Crippen LogP contribution in [0.5, 0.6) is 0 Å². The van der Waals surface area contributed by atoms with Gasteiger partial charge in [0.25, 0.3) is 5.69 Å². The number of hydrogen-bond acceptors (Lipinski definition) is 4. The van der Waals surface area contributed by atoms with Gasteiger partial charge in [-0.2, -0.15) is 0 Å². The standard InChI is InChI=1S/C14H19ClN2O4/c1-3-14(19,4-2)9-16-13(18)7-10-5-6-11(17(20)21)8-12(10)15/h5-6,8,19H,3-4,7,9H2,1-2H3,(H,16,18). The Balaban J connectivity index is 2.65. The van der Waals surface area contributed by atoms with Crippen molar-refractivity contribution in [3.63, 3.8) is 0 Å². The third kappa shape index (κ3) is 4.99. The van der Waals surface area contributed by atoms with Crippen LogP contribution in [-0.2, 0) is 11.2 Å². The summed E-state index contributed by atoms with van der Waals surface area (Å²) in [5.74, 6) is -0.286. The highest BCUT2D eigenvalue weighted by Crippen LogP contribution is 2.23. The number of benzene rings is 1. The van der Waals surface area contributed by atoms with Crippen molar-refractivity contribution >= 4 is 23.2 Å². The van der Waals surface area contributed by atoms with Gasteiger partial charge in [-0.3, -0.25) is 14.9 Å². The Labute approximate surface area is 128 Å². The molecule has 1 aromatic carbocycles. The van der Waals surface area contributed by atoms with Crippen molar-refractivity contribution in [2.75, 3.05) is 6.54 Å². The van der Waals surface area contributed by atoms with Crippen LogP contribution in [0.4, 0.5) is 5.69 Å². The Morgan fingerprint density at radius 1 is 1.43 bits per heavy atom. The lowest BCUT2D eigenvalue weighted by Gasteiger charge is -2.25. The molecule has 7 heteroatoms. The zero-order valence-electron chi connectivity index (χ0n) is 12.1. The Hall–Kier alpha value is -1.66. The van der Waals surface area contributed by atoms with E-state index in [1.54, 1.807) is 0 Å². The largest absolute Gasteiger partial charge is 0.388 e. The normalized spacial score (nSPS) is 11.2. The topological polar surface area (TPSA) is 92.5 Å². The Kier molecular flexibility index (Phi) is 6.11. The number of amides is 1. The van der Waals surface area contributed by atoms with Gasteiger partial charge in [-0.25, -0.2) is 0 Å². The Morgan fingerprint density at radius 3 is 2.52 bits per heavy atom. The fourth-order valence-corrected chi connectivity index (χ4v) is 2.03. The minimum Gasteiger partial charge on any atom is -0.388 e. The number of hydrogen-bond donors (Lipinski definition) is 2. The third-order valence-corrected chi connectivity index (χ3v) is 3.88. The minimum atomic E-state index is -0.908. The molecule has 0 unspecified atom stereocenters. The molecular weight excluding hydrogens is 296 g/mol. The van der Waals surface area contributed by atoms with E-state index in [0.717, 1.165) is 0 Å². The van der Waals surface area contributed by atoms with Crippen molar-refractivity contribution in [2.24, 2.45) is 0 Å². The summed E-state index contributed by atoms with van der Waals surface area (Å²) in [5.41, 5.74) is -0.513. The second-order valence-electron chi connectivity index (χ2n) is 4.92. The van der Waals surface area contributed by atoms with Crippen LogP contribution in [0.25, 0.3) is 0 Å². The number of nitrogens with zero attached hydrogens (tertiary/aromatic N) is 1. The van der Waals surface area contributed by atoms with Gasteiger partial charge in [0.2, 0.25) is 5.91 Å². The van der Waals surface area contributed by atoms with Crippen LogP contribution < -0.4 is 5.32 Å². The number of nitrogens with one attached hydrogen (secondary N) is 1. The van der Waals surface area contributed by atoms with Crippen LogP contribution in [0.2, 0.25) is 5.02 Å². The molecule has 0 fully saturated rings. The van der Waals surface area contributed by atoms with Crippen molar-refractivity contribution in [3.05, 3.63) is 38.9 Å². The fourth-order valence-electron chi connectivity index (χ4n) is 1.79. The van der Waals surface area contributed by atoms with Gasteiger partial charge in [0.15, 0.2) is 0 Å². The first kappa shape index (κ1) is 17.4. The van der Waals surface area contributed by atoms with Crippen molar-refractivity contribution < 1.29 is 14.8 Å². The summed E-state index contributed by atoms with van der Waals surface area (Å²) in [7, 11) is 0. The molecule has 21 heavy (non-hydrogen) atoms. The summed E-state index contributed by atoms with van der Waals surface area (Å²) in [6.45, 7) is 3.87. The molecule has 0 saturated carbocycles. The van der Waals surface area contributed by atoms with E-state index in [0.29, 0.717) is 18.4 Å². The predicted molar refractivity (Wildman–Crippen MR) is 80.4 cm³/mol. The minimum absolute atomic E-state index is 0.0142. The molecule has 0 atom stereocenters. The number of non-ortho nitro benzene ring substituents is 1. The molecule has 0 spiro atoms. The van der Waals surface area contributed by atoms with Crippen LogP contribution in [0, 0.1) is 10.1 Å². The lowest BCUT2D eigenvalue weighted by Crippen LogP contribution is -2.42. The molecule has 0 aliphatic rings. The average Bonchev–Trinajstić information content (AvgIpc) is 2.46. The SMILES string of the molecule is CCC(O)(CC)CNC(=O)Cc1ccc([N+](=O)[O-])cc1Cl. The molecule has 1 amide bonds. The third-order valence-electron chi connectivity index (χ3n) is 3.53. The van der Waals surface area contributed by atoms with E-state index in [-0.39, 0.29) is 29.6 Å². The number of aliphatic hydroxyl groups is 1. The van der Waals surface area contributed by atoms with E-state index in [2.05, 4.69) is 5.32 Å². The maximum absolute atomic E-state index is 11.8. The van der Waals surface area contributed by atoms with E-state index in [4.69, 9.17) is 11.6 Å². The predicted octanol–water partition coefficient (Wildman–Crippen LogP) is 2.46. The average molecular weight is 315 g/mol. The van der Waals surface area contributed by atoms with Crippen LogP contribution in [0.15, 0.2) is 18.2 Å². The van der Waals surface area contributed by atoms with E-state index in [9.17, 15) is 20.0 Å². The summed E-state index contributed by atoms with van der Waals surface area (Å²) in [5, 5.41) is 23.5. The van der Waals surface area contributed by atoms with Crippen LogP contribution in [0.1, 0.15) is 32.3 Å². The first-order chi connectivity index (χ1) is 9.81. The maximum atomic E-state index is 11.8. The molecule has 0 bridgehead atoms. The van der Waals surface area contributed by atoms with Gasteiger partial charge in [-0.15, -0.1) is 0 Å². The lowest BCUT2D eigenvalue weighted by molar-refractivity contribution is -0.384. The number of rotatable bonds is 7. The van der Waals surface area contributed by atoms with E-state index >= 15 is 0 Å². The first-order valence-corrected chi connectivity index (χ1v) is 7.11. The van der Waals surface area contributed by atoms with Gasteiger partial charge in [0.05, 0.1) is 22.0 Å². The van der Waals surface area contributed by atoms with Crippen molar-refractivity contribution in [2.45, 2.75) is 38.7 Å². The van der Waals surface area contributed by atoms with Gasteiger partial charge < -0.3 is 10.4 Å². The molecule has 0 heterocycles. The van der Waals surface area contributed by atoms with Gasteiger partial charge in [0, 0.05) is 18.7 Å². The zero-order valence-corrected chi connectivity index (χ0v) is 12.8. The quantitative estimate of drug-likeness (QED) is 0.597. The number of nitro groups is 1. The van der Waals surface area contributed by atoms with Crippen LogP contribution >= 0.6 is 11.6 Å². The fraction of sp³-hybridized carbons (Fsp3) is 0.500. The highest BCUT2D eigenvalue weighted by atomic mass is 35.5. The first-order valence-electron chi connectivity index (χ1n) is 6.73. The van der Waals surface area contributed by atoms with Crippen molar-refractivity contribution in [1.29, 1.82) is 0 Å². The Bertz CT molecular complexity index is 530. The van der Waals surface area contributed by atoms with Crippen molar-refractivity contribution in [3.8, 4) is 0 Å². The second kappa shape index (κ2) is 7.38. The number of carbonyl (C=O) groups is 1.